The highest BCUT2D eigenvalue weighted by molar-refractivity contribution is 9.10. The monoisotopic (exact) mass is 369 g/mol. The number of ketones is 1. The van der Waals surface area contributed by atoms with Crippen LogP contribution in [0.2, 0.25) is 5.02 Å². The van der Waals surface area contributed by atoms with Crippen LogP contribution in [0.25, 0.3) is 0 Å². The molecule has 0 heterocycles. The lowest BCUT2D eigenvalue weighted by Gasteiger charge is -2.13. The van der Waals surface area contributed by atoms with Gasteiger partial charge in [0.25, 0.3) is 0 Å². The molecule has 0 aliphatic heterocycles. The van der Waals surface area contributed by atoms with Crippen molar-refractivity contribution >= 4 is 39.0 Å². The normalized spacial score (nSPS) is 10.3. The highest BCUT2D eigenvalue weighted by atomic mass is 79.9. The maximum atomic E-state index is 12.6. The summed E-state index contributed by atoms with van der Waals surface area (Å²) in [7, 11) is 3.04. The minimum absolute atomic E-state index is 0.210. The van der Waals surface area contributed by atoms with Gasteiger partial charge in [-0.2, -0.15) is 0 Å². The zero-order valence-corrected chi connectivity index (χ0v) is 13.8. The third kappa shape index (κ3) is 2.99. The Morgan fingerprint density at radius 2 is 1.90 bits per heavy atom. The zero-order valence-electron chi connectivity index (χ0n) is 11.4. The minimum Gasteiger partial charge on any atom is -0.495 e. The van der Waals surface area contributed by atoms with Crippen molar-refractivity contribution < 1.29 is 14.3 Å². The van der Waals surface area contributed by atoms with E-state index in [1.807, 2.05) is 0 Å². The number of nitrogens with two attached hydrogens (primary N) is 1. The molecule has 0 bridgehead atoms. The van der Waals surface area contributed by atoms with Crippen molar-refractivity contribution in [3.8, 4) is 11.5 Å². The fraction of sp³-hybridized carbons (Fsp3) is 0.133. The zero-order chi connectivity index (χ0) is 15.6. The number of hydrogen-bond donors (Lipinski definition) is 1. The molecule has 2 aromatic carbocycles. The molecule has 0 radical (unpaired) electrons. The molecular weight excluding hydrogens is 358 g/mol. The summed E-state index contributed by atoms with van der Waals surface area (Å²) in [5.41, 5.74) is 6.94. The SMILES string of the molecule is COc1ccc(C(=O)c2ccc(Cl)c(N)c2)c(OC)c1Br. The standard InChI is InChI=1S/C15H13BrClNO3/c1-20-12-6-4-9(15(21-2)13(12)16)14(19)8-3-5-10(17)11(18)7-8/h3-7H,18H2,1-2H3. The van der Waals surface area contributed by atoms with E-state index in [1.54, 1.807) is 37.4 Å². The quantitative estimate of drug-likeness (QED) is 0.654. The van der Waals surface area contributed by atoms with E-state index >= 15 is 0 Å². The first-order chi connectivity index (χ1) is 9.99. The van der Waals surface area contributed by atoms with Crippen LogP contribution in [0.15, 0.2) is 34.8 Å². The Morgan fingerprint density at radius 3 is 2.48 bits per heavy atom. The molecule has 0 spiro atoms. The lowest BCUT2D eigenvalue weighted by molar-refractivity contribution is 0.103. The predicted molar refractivity (Wildman–Crippen MR) is 86.5 cm³/mol. The Morgan fingerprint density at radius 1 is 1.19 bits per heavy atom. The second kappa shape index (κ2) is 6.37. The van der Waals surface area contributed by atoms with Crippen LogP contribution in [0, 0.1) is 0 Å². The Hall–Kier alpha value is -1.72. The summed E-state index contributed by atoms with van der Waals surface area (Å²) in [6.45, 7) is 0. The molecule has 0 amide bonds. The van der Waals surface area contributed by atoms with Crippen molar-refractivity contribution in [3.63, 3.8) is 0 Å². The summed E-state index contributed by atoms with van der Waals surface area (Å²) in [4.78, 5) is 12.6. The summed E-state index contributed by atoms with van der Waals surface area (Å²) >= 11 is 9.24. The topological polar surface area (TPSA) is 61.5 Å². The summed E-state index contributed by atoms with van der Waals surface area (Å²) < 4.78 is 11.1. The van der Waals surface area contributed by atoms with Gasteiger partial charge >= 0.3 is 0 Å². The van der Waals surface area contributed by atoms with E-state index in [4.69, 9.17) is 26.8 Å². The Labute approximate surface area is 135 Å². The van der Waals surface area contributed by atoms with Crippen molar-refractivity contribution in [2.45, 2.75) is 0 Å². The van der Waals surface area contributed by atoms with E-state index < -0.39 is 0 Å². The van der Waals surface area contributed by atoms with E-state index in [2.05, 4.69) is 15.9 Å². The molecule has 0 unspecified atom stereocenters. The van der Waals surface area contributed by atoms with Gasteiger partial charge in [0.1, 0.15) is 16.0 Å². The van der Waals surface area contributed by atoms with Gasteiger partial charge in [-0.05, 0) is 46.3 Å². The van der Waals surface area contributed by atoms with E-state index in [1.165, 1.54) is 7.11 Å². The Kier molecular flexibility index (Phi) is 4.75. The van der Waals surface area contributed by atoms with Gasteiger partial charge in [-0.25, -0.2) is 0 Å². The maximum Gasteiger partial charge on any atom is 0.196 e. The molecule has 2 rings (SSSR count). The van der Waals surface area contributed by atoms with Crippen LogP contribution in [0.5, 0.6) is 11.5 Å². The lowest BCUT2D eigenvalue weighted by atomic mass is 10.0. The van der Waals surface area contributed by atoms with Gasteiger partial charge in [-0.3, -0.25) is 4.79 Å². The Balaban J connectivity index is 2.52. The highest BCUT2D eigenvalue weighted by Crippen LogP contribution is 2.38. The number of nitrogen functional groups attached to an aromatic ring is 1. The first-order valence-electron chi connectivity index (χ1n) is 5.99. The molecule has 110 valence electrons. The van der Waals surface area contributed by atoms with Crippen molar-refractivity contribution in [1.82, 2.24) is 0 Å². The molecule has 2 N–H and O–H groups in total. The van der Waals surface area contributed by atoms with Gasteiger partial charge in [-0.15, -0.1) is 0 Å². The first-order valence-corrected chi connectivity index (χ1v) is 7.17. The predicted octanol–water partition coefficient (Wildman–Crippen LogP) is 3.93. The summed E-state index contributed by atoms with van der Waals surface area (Å²) in [5.74, 6) is 0.783. The largest absolute Gasteiger partial charge is 0.495 e. The van der Waals surface area contributed by atoms with Gasteiger partial charge < -0.3 is 15.2 Å². The molecule has 0 aliphatic rings. The molecule has 0 saturated heterocycles. The average Bonchev–Trinajstić information content (AvgIpc) is 2.49. The van der Waals surface area contributed by atoms with E-state index in [9.17, 15) is 4.79 Å². The van der Waals surface area contributed by atoms with Crippen LogP contribution in [0.1, 0.15) is 15.9 Å². The number of carbonyl (C=O) groups excluding carboxylic acids is 1. The molecule has 6 heteroatoms. The third-order valence-electron chi connectivity index (χ3n) is 2.99. The van der Waals surface area contributed by atoms with Crippen LogP contribution >= 0.6 is 27.5 Å². The molecule has 2 aromatic rings. The van der Waals surface area contributed by atoms with Crippen LogP contribution in [-0.2, 0) is 0 Å². The van der Waals surface area contributed by atoms with Crippen molar-refractivity contribution in [2.24, 2.45) is 0 Å². The third-order valence-corrected chi connectivity index (χ3v) is 4.08. The summed E-state index contributed by atoms with van der Waals surface area (Å²) in [5, 5.41) is 0.412. The number of hydrogen-bond acceptors (Lipinski definition) is 4. The molecule has 4 nitrogen and oxygen atoms in total. The van der Waals surface area contributed by atoms with Gasteiger partial charge in [0, 0.05) is 5.56 Å². The average molecular weight is 371 g/mol. The maximum absolute atomic E-state index is 12.6. The fourth-order valence-electron chi connectivity index (χ4n) is 1.91. The molecule has 21 heavy (non-hydrogen) atoms. The number of halogens is 2. The van der Waals surface area contributed by atoms with E-state index in [0.717, 1.165) is 0 Å². The minimum atomic E-state index is -0.210. The number of anilines is 1. The molecule has 0 aromatic heterocycles. The van der Waals surface area contributed by atoms with Crippen molar-refractivity contribution in [1.29, 1.82) is 0 Å². The number of carbonyl (C=O) groups is 1. The summed E-state index contributed by atoms with van der Waals surface area (Å²) in [6, 6.07) is 8.10. The van der Waals surface area contributed by atoms with E-state index in [0.29, 0.717) is 37.8 Å². The second-order valence-corrected chi connectivity index (χ2v) is 5.43. The van der Waals surface area contributed by atoms with Crippen LogP contribution in [0.4, 0.5) is 5.69 Å². The van der Waals surface area contributed by atoms with Gasteiger partial charge in [-0.1, -0.05) is 11.6 Å². The van der Waals surface area contributed by atoms with Gasteiger partial charge in [0.05, 0.1) is 30.5 Å². The number of ether oxygens (including phenoxy) is 2. The Bertz CT molecular complexity index is 704. The number of rotatable bonds is 4. The van der Waals surface area contributed by atoms with Gasteiger partial charge in [0.15, 0.2) is 5.78 Å². The highest BCUT2D eigenvalue weighted by Gasteiger charge is 2.20. The number of methoxy groups -OCH3 is 2. The molecule has 0 aliphatic carbocycles. The first kappa shape index (κ1) is 15.7. The molecular formula is C15H13BrClNO3. The second-order valence-electron chi connectivity index (χ2n) is 4.23. The molecule has 0 fully saturated rings. The van der Waals surface area contributed by atoms with E-state index in [-0.39, 0.29) is 5.78 Å². The van der Waals surface area contributed by atoms with Crippen LogP contribution in [-0.4, -0.2) is 20.0 Å². The molecule has 0 saturated carbocycles. The lowest BCUT2D eigenvalue weighted by Crippen LogP contribution is -2.06. The van der Waals surface area contributed by atoms with Gasteiger partial charge in [0.2, 0.25) is 0 Å². The smallest absolute Gasteiger partial charge is 0.196 e. The van der Waals surface area contributed by atoms with Crippen LogP contribution in [0.3, 0.4) is 0 Å². The fourth-order valence-corrected chi connectivity index (χ4v) is 2.70. The number of benzene rings is 2. The van der Waals surface area contributed by atoms with Crippen molar-refractivity contribution in [3.05, 3.63) is 51.0 Å². The summed E-state index contributed by atoms with van der Waals surface area (Å²) in [6.07, 6.45) is 0. The van der Waals surface area contributed by atoms with Crippen molar-refractivity contribution in [2.75, 3.05) is 20.0 Å². The molecule has 0 atom stereocenters. The van der Waals surface area contributed by atoms with Crippen LogP contribution < -0.4 is 15.2 Å².